The van der Waals surface area contributed by atoms with Crippen molar-refractivity contribution >= 4 is 15.8 Å². The van der Waals surface area contributed by atoms with Crippen LogP contribution in [0.5, 0.6) is 0 Å². The predicted molar refractivity (Wildman–Crippen MR) is 69.7 cm³/mol. The fraction of sp³-hybridized carbons (Fsp3) is 0.0769. The molecule has 1 heterocycles. The zero-order chi connectivity index (χ0) is 14.9. The van der Waals surface area contributed by atoms with Crippen LogP contribution >= 0.6 is 0 Å². The molecule has 0 radical (unpaired) electrons. The maximum absolute atomic E-state index is 13.2. The molecular weight excluding hydrogens is 285 g/mol. The summed E-state index contributed by atoms with van der Waals surface area (Å²) < 4.78 is 35.9. The van der Waals surface area contributed by atoms with E-state index in [9.17, 15) is 17.6 Å². The average Bonchev–Trinajstić information content (AvgIpc) is 2.38. The second-order valence-electron chi connectivity index (χ2n) is 4.15. The van der Waals surface area contributed by atoms with Gasteiger partial charge in [0.15, 0.2) is 15.7 Å². The van der Waals surface area contributed by atoms with Gasteiger partial charge in [-0.2, -0.15) is 0 Å². The summed E-state index contributed by atoms with van der Waals surface area (Å²) in [5.41, 5.74) is 0.269. The van der Waals surface area contributed by atoms with E-state index >= 15 is 0 Å². The smallest absolute Gasteiger partial charge is 0.338 e. The Hall–Kier alpha value is -2.28. The zero-order valence-electron chi connectivity index (χ0n) is 10.4. The molecule has 0 fully saturated rings. The number of hydrogen-bond donors (Lipinski definition) is 1. The topological polar surface area (TPSA) is 84.3 Å². The van der Waals surface area contributed by atoms with E-state index in [1.54, 1.807) is 0 Å². The SMILES string of the molecule is CS(=O)(=O)c1ccc(-c2cc(C(=O)O)c(F)cn2)cc1. The quantitative estimate of drug-likeness (QED) is 0.936. The van der Waals surface area contributed by atoms with Gasteiger partial charge in [0.2, 0.25) is 0 Å². The first-order valence-corrected chi connectivity index (χ1v) is 7.37. The number of sulfone groups is 1. The number of benzene rings is 1. The molecule has 0 unspecified atom stereocenters. The molecule has 0 aliphatic rings. The van der Waals surface area contributed by atoms with E-state index in [1.165, 1.54) is 24.3 Å². The fourth-order valence-electron chi connectivity index (χ4n) is 1.63. The Morgan fingerprint density at radius 3 is 2.35 bits per heavy atom. The van der Waals surface area contributed by atoms with Crippen molar-refractivity contribution in [2.45, 2.75) is 4.90 Å². The van der Waals surface area contributed by atoms with Crippen LogP contribution < -0.4 is 0 Å². The molecule has 1 aromatic carbocycles. The largest absolute Gasteiger partial charge is 0.478 e. The van der Waals surface area contributed by atoms with Gasteiger partial charge in [0.05, 0.1) is 22.3 Å². The first-order valence-electron chi connectivity index (χ1n) is 5.48. The number of aromatic nitrogens is 1. The van der Waals surface area contributed by atoms with Gasteiger partial charge in [0.1, 0.15) is 0 Å². The third-order valence-electron chi connectivity index (χ3n) is 2.66. The van der Waals surface area contributed by atoms with Crippen molar-refractivity contribution in [3.05, 3.63) is 47.9 Å². The Kier molecular flexibility index (Phi) is 3.54. The fourth-order valence-corrected chi connectivity index (χ4v) is 2.26. The Labute approximate surface area is 114 Å². The summed E-state index contributed by atoms with van der Waals surface area (Å²) in [7, 11) is -3.30. The van der Waals surface area contributed by atoms with E-state index in [0.29, 0.717) is 5.56 Å². The minimum atomic E-state index is -3.30. The summed E-state index contributed by atoms with van der Waals surface area (Å²) >= 11 is 0. The number of carboxylic acid groups (broad SMARTS) is 1. The minimum Gasteiger partial charge on any atom is -0.478 e. The van der Waals surface area contributed by atoms with E-state index < -0.39 is 27.2 Å². The van der Waals surface area contributed by atoms with Crippen molar-refractivity contribution in [3.8, 4) is 11.3 Å². The Balaban J connectivity index is 2.47. The monoisotopic (exact) mass is 295 g/mol. The highest BCUT2D eigenvalue weighted by Gasteiger charge is 2.13. The van der Waals surface area contributed by atoms with Crippen LogP contribution in [0.3, 0.4) is 0 Å². The number of rotatable bonds is 3. The van der Waals surface area contributed by atoms with Gasteiger partial charge < -0.3 is 5.11 Å². The van der Waals surface area contributed by atoms with E-state index in [0.717, 1.165) is 18.5 Å². The number of halogens is 1. The molecule has 0 aliphatic carbocycles. The maximum atomic E-state index is 13.2. The first kappa shape index (κ1) is 14.1. The van der Waals surface area contributed by atoms with E-state index in [2.05, 4.69) is 4.98 Å². The summed E-state index contributed by atoms with van der Waals surface area (Å²) in [6.07, 6.45) is 1.91. The number of aromatic carboxylic acids is 1. The highest BCUT2D eigenvalue weighted by Crippen LogP contribution is 2.21. The molecule has 0 amide bonds. The van der Waals surface area contributed by atoms with Gasteiger partial charge in [-0.25, -0.2) is 17.6 Å². The van der Waals surface area contributed by atoms with Crippen molar-refractivity contribution in [1.82, 2.24) is 4.98 Å². The van der Waals surface area contributed by atoms with E-state index in [4.69, 9.17) is 5.11 Å². The van der Waals surface area contributed by atoms with Gasteiger partial charge >= 0.3 is 5.97 Å². The number of carbonyl (C=O) groups is 1. The van der Waals surface area contributed by atoms with Gasteiger partial charge in [-0.3, -0.25) is 4.98 Å². The highest BCUT2D eigenvalue weighted by molar-refractivity contribution is 7.90. The Bertz CT molecular complexity index is 769. The first-order chi connectivity index (χ1) is 9.29. The Morgan fingerprint density at radius 1 is 1.25 bits per heavy atom. The molecule has 0 bridgehead atoms. The molecule has 5 nitrogen and oxygen atoms in total. The second-order valence-corrected chi connectivity index (χ2v) is 6.17. The third-order valence-corrected chi connectivity index (χ3v) is 3.79. The number of pyridine rings is 1. The summed E-state index contributed by atoms with van der Waals surface area (Å²) in [6.45, 7) is 0. The standard InChI is InChI=1S/C13H10FNO4S/c1-20(18,19)9-4-2-8(3-5-9)12-6-10(13(16)17)11(14)7-15-12/h2-7H,1H3,(H,16,17). The normalized spacial score (nSPS) is 11.3. The van der Waals surface area contributed by atoms with Gasteiger partial charge in [-0.15, -0.1) is 0 Å². The lowest BCUT2D eigenvalue weighted by Crippen LogP contribution is -2.02. The van der Waals surface area contributed by atoms with Crippen molar-refractivity contribution in [1.29, 1.82) is 0 Å². The lowest BCUT2D eigenvalue weighted by atomic mass is 10.1. The van der Waals surface area contributed by atoms with Crippen molar-refractivity contribution < 1.29 is 22.7 Å². The van der Waals surface area contributed by atoms with Crippen LogP contribution in [0.4, 0.5) is 4.39 Å². The summed E-state index contributed by atoms with van der Waals surface area (Å²) in [6, 6.07) is 6.85. The molecule has 1 N–H and O–H groups in total. The Morgan fingerprint density at radius 2 is 1.85 bits per heavy atom. The maximum Gasteiger partial charge on any atom is 0.338 e. The van der Waals surface area contributed by atoms with Gasteiger partial charge in [0.25, 0.3) is 0 Å². The second kappa shape index (κ2) is 5.01. The molecule has 20 heavy (non-hydrogen) atoms. The van der Waals surface area contributed by atoms with Crippen LogP contribution in [-0.2, 0) is 9.84 Å². The molecule has 0 aliphatic heterocycles. The molecule has 2 rings (SSSR count). The van der Waals surface area contributed by atoms with Crippen molar-refractivity contribution in [2.75, 3.05) is 6.26 Å². The molecule has 104 valence electrons. The minimum absolute atomic E-state index is 0.141. The average molecular weight is 295 g/mol. The van der Waals surface area contributed by atoms with E-state index in [-0.39, 0.29) is 10.6 Å². The van der Waals surface area contributed by atoms with Crippen molar-refractivity contribution in [3.63, 3.8) is 0 Å². The number of nitrogens with zero attached hydrogens (tertiary/aromatic N) is 1. The molecule has 7 heteroatoms. The van der Waals surface area contributed by atoms with Gasteiger partial charge in [-0.05, 0) is 18.2 Å². The van der Waals surface area contributed by atoms with E-state index in [1.807, 2.05) is 0 Å². The van der Waals surface area contributed by atoms with Gasteiger partial charge in [-0.1, -0.05) is 12.1 Å². The lowest BCUT2D eigenvalue weighted by molar-refractivity contribution is 0.0691. The molecule has 0 saturated carbocycles. The van der Waals surface area contributed by atoms with Crippen molar-refractivity contribution in [2.24, 2.45) is 0 Å². The highest BCUT2D eigenvalue weighted by atomic mass is 32.2. The van der Waals surface area contributed by atoms with Gasteiger partial charge in [0, 0.05) is 11.8 Å². The lowest BCUT2D eigenvalue weighted by Gasteiger charge is -2.04. The molecule has 0 atom stereocenters. The zero-order valence-corrected chi connectivity index (χ0v) is 11.2. The van der Waals surface area contributed by atoms with Crippen LogP contribution in [0, 0.1) is 5.82 Å². The van der Waals surface area contributed by atoms with Crippen LogP contribution in [0.2, 0.25) is 0 Å². The molecule has 0 saturated heterocycles. The summed E-state index contributed by atoms with van der Waals surface area (Å²) in [5, 5.41) is 8.84. The molecule has 0 spiro atoms. The predicted octanol–water partition coefficient (Wildman–Crippen LogP) is 1.99. The third kappa shape index (κ3) is 2.83. The molecular formula is C13H10FNO4S. The van der Waals surface area contributed by atoms with Crippen LogP contribution in [-0.4, -0.2) is 30.7 Å². The molecule has 1 aromatic heterocycles. The van der Waals surface area contributed by atoms with Crippen LogP contribution in [0.1, 0.15) is 10.4 Å². The number of carboxylic acids is 1. The summed E-state index contributed by atoms with van der Waals surface area (Å²) in [5.74, 6) is -2.31. The number of hydrogen-bond acceptors (Lipinski definition) is 4. The molecule has 2 aromatic rings. The van der Waals surface area contributed by atoms with Crippen LogP contribution in [0.25, 0.3) is 11.3 Å². The summed E-state index contributed by atoms with van der Waals surface area (Å²) in [4.78, 5) is 14.8. The van der Waals surface area contributed by atoms with Crippen LogP contribution in [0.15, 0.2) is 41.4 Å².